The molecule has 0 radical (unpaired) electrons. The molecule has 0 bridgehead atoms. The Bertz CT molecular complexity index is 409. The van der Waals surface area contributed by atoms with Crippen molar-refractivity contribution in [2.24, 2.45) is 0 Å². The Hall–Kier alpha value is -1.30. The minimum absolute atomic E-state index is 0.0340. The number of hydrogen-bond donors (Lipinski definition) is 0. The molecule has 1 aliphatic heterocycles. The first-order chi connectivity index (χ1) is 7.13. The summed E-state index contributed by atoms with van der Waals surface area (Å²) in [5.41, 5.74) is 0.984. The number of fused-ring (bicyclic) bond motifs is 1. The number of aromatic nitrogens is 2. The maximum atomic E-state index is 11.7. The summed E-state index contributed by atoms with van der Waals surface area (Å²) in [5, 5.41) is 0.693. The first kappa shape index (κ1) is 10.2. The van der Waals surface area contributed by atoms with Gasteiger partial charge in [-0.25, -0.2) is 14.8 Å². The maximum absolute atomic E-state index is 11.7. The molecular weight excluding hydrogens is 212 g/mol. The molecule has 0 aliphatic carbocycles. The van der Waals surface area contributed by atoms with E-state index in [4.69, 9.17) is 0 Å². The van der Waals surface area contributed by atoms with Crippen LogP contribution in [0.4, 0.5) is 10.6 Å². The highest BCUT2D eigenvalue weighted by atomic mass is 32.2. The van der Waals surface area contributed by atoms with Crippen LogP contribution < -0.4 is 4.90 Å². The molecule has 1 aromatic rings. The van der Waals surface area contributed by atoms with Crippen molar-refractivity contribution >= 4 is 23.6 Å². The highest BCUT2D eigenvalue weighted by Crippen LogP contribution is 2.25. The van der Waals surface area contributed by atoms with Crippen molar-refractivity contribution in [1.82, 2.24) is 14.9 Å². The minimum Gasteiger partial charge on any atom is -0.323 e. The molecule has 80 valence electrons. The second-order valence-corrected chi connectivity index (χ2v) is 4.18. The predicted octanol–water partition coefficient (Wildman–Crippen LogP) is 1.20. The third-order valence-corrected chi connectivity index (χ3v) is 2.90. The van der Waals surface area contributed by atoms with Gasteiger partial charge in [-0.1, -0.05) is 11.8 Å². The van der Waals surface area contributed by atoms with E-state index in [2.05, 4.69) is 9.97 Å². The molecule has 0 fully saturated rings. The minimum atomic E-state index is -0.0340. The summed E-state index contributed by atoms with van der Waals surface area (Å²) in [5.74, 6) is 0.720. The number of urea groups is 1. The lowest BCUT2D eigenvalue weighted by Gasteiger charge is -2.31. The number of amides is 2. The molecule has 0 saturated heterocycles. The fraction of sp³-hybridized carbons (Fsp3) is 0.444. The largest absolute Gasteiger partial charge is 0.325 e. The Morgan fingerprint density at radius 1 is 1.47 bits per heavy atom. The van der Waals surface area contributed by atoms with E-state index in [1.807, 2.05) is 6.26 Å². The Morgan fingerprint density at radius 2 is 2.20 bits per heavy atom. The molecule has 5 nitrogen and oxygen atoms in total. The lowest BCUT2D eigenvalue weighted by atomic mass is 10.2. The molecule has 0 saturated carbocycles. The molecule has 0 unspecified atom stereocenters. The zero-order valence-electron chi connectivity index (χ0n) is 8.89. The van der Waals surface area contributed by atoms with E-state index >= 15 is 0 Å². The van der Waals surface area contributed by atoms with Crippen molar-refractivity contribution in [1.29, 1.82) is 0 Å². The fourth-order valence-electron chi connectivity index (χ4n) is 1.55. The number of carbonyl (C=O) groups excluding carboxylic acids is 1. The van der Waals surface area contributed by atoms with Gasteiger partial charge in [0.15, 0.2) is 5.16 Å². The standard InChI is InChI=1S/C9H12N4OS/c1-12-5-6-4-10-8(15-3)11-7(6)13(2)9(12)14/h4H,5H2,1-3H3. The second kappa shape index (κ2) is 3.69. The summed E-state index contributed by atoms with van der Waals surface area (Å²) >= 11 is 1.47. The topological polar surface area (TPSA) is 49.3 Å². The summed E-state index contributed by atoms with van der Waals surface area (Å²) in [6.45, 7) is 0.577. The van der Waals surface area contributed by atoms with Crippen molar-refractivity contribution < 1.29 is 4.79 Å². The van der Waals surface area contributed by atoms with E-state index in [-0.39, 0.29) is 6.03 Å². The molecule has 2 rings (SSSR count). The summed E-state index contributed by atoms with van der Waals surface area (Å²) in [7, 11) is 3.50. The van der Waals surface area contributed by atoms with Gasteiger partial charge < -0.3 is 4.90 Å². The molecule has 0 atom stereocenters. The zero-order chi connectivity index (χ0) is 11.0. The molecule has 2 amide bonds. The molecule has 15 heavy (non-hydrogen) atoms. The van der Waals surface area contributed by atoms with E-state index in [1.165, 1.54) is 11.8 Å². The van der Waals surface area contributed by atoms with Crippen LogP contribution in [0.2, 0.25) is 0 Å². The van der Waals surface area contributed by atoms with E-state index < -0.39 is 0 Å². The van der Waals surface area contributed by atoms with E-state index in [1.54, 1.807) is 30.1 Å². The van der Waals surface area contributed by atoms with Gasteiger partial charge >= 0.3 is 6.03 Å². The summed E-state index contributed by atoms with van der Waals surface area (Å²) in [6.07, 6.45) is 3.70. The zero-order valence-corrected chi connectivity index (χ0v) is 9.71. The number of nitrogens with zero attached hydrogens (tertiary/aromatic N) is 4. The Labute approximate surface area is 92.5 Å². The Balaban J connectivity index is 2.47. The van der Waals surface area contributed by atoms with E-state index in [0.29, 0.717) is 11.7 Å². The predicted molar refractivity (Wildman–Crippen MR) is 59.1 cm³/mol. The van der Waals surface area contributed by atoms with Crippen molar-refractivity contribution in [3.05, 3.63) is 11.8 Å². The molecule has 0 N–H and O–H groups in total. The Morgan fingerprint density at radius 3 is 2.87 bits per heavy atom. The van der Waals surface area contributed by atoms with Gasteiger partial charge in [0.25, 0.3) is 0 Å². The van der Waals surface area contributed by atoms with Crippen LogP contribution in [0.5, 0.6) is 0 Å². The first-order valence-corrected chi connectivity index (χ1v) is 5.74. The van der Waals surface area contributed by atoms with Crippen molar-refractivity contribution in [3.8, 4) is 0 Å². The van der Waals surface area contributed by atoms with Crippen LogP contribution in [0, 0.1) is 0 Å². The lowest BCUT2D eigenvalue weighted by Crippen LogP contribution is -2.43. The highest BCUT2D eigenvalue weighted by Gasteiger charge is 2.26. The SMILES string of the molecule is CSc1ncc2c(n1)N(C)C(=O)N(C)C2. The van der Waals surface area contributed by atoms with Crippen LogP contribution >= 0.6 is 11.8 Å². The third-order valence-electron chi connectivity index (χ3n) is 2.34. The van der Waals surface area contributed by atoms with Crippen LogP contribution in [0.15, 0.2) is 11.4 Å². The van der Waals surface area contributed by atoms with Crippen LogP contribution in [0.25, 0.3) is 0 Å². The molecular formula is C9H12N4OS. The van der Waals surface area contributed by atoms with Gasteiger partial charge in [0, 0.05) is 25.9 Å². The second-order valence-electron chi connectivity index (χ2n) is 3.40. The average Bonchev–Trinajstić information content (AvgIpc) is 2.26. The number of hydrogen-bond acceptors (Lipinski definition) is 4. The summed E-state index contributed by atoms with van der Waals surface area (Å²) in [6, 6.07) is -0.0340. The molecule has 1 aromatic heterocycles. The maximum Gasteiger partial charge on any atom is 0.325 e. The number of rotatable bonds is 1. The summed E-state index contributed by atoms with van der Waals surface area (Å²) < 4.78 is 0. The van der Waals surface area contributed by atoms with Gasteiger partial charge in [-0.2, -0.15) is 0 Å². The van der Waals surface area contributed by atoms with E-state index in [9.17, 15) is 4.79 Å². The van der Waals surface area contributed by atoms with Crippen LogP contribution in [0.3, 0.4) is 0 Å². The van der Waals surface area contributed by atoms with Gasteiger partial charge in [-0.05, 0) is 6.26 Å². The Kier molecular flexibility index (Phi) is 2.52. The fourth-order valence-corrected chi connectivity index (χ4v) is 1.89. The normalized spacial score (nSPS) is 15.5. The van der Waals surface area contributed by atoms with Gasteiger partial charge in [0.1, 0.15) is 5.82 Å². The monoisotopic (exact) mass is 224 g/mol. The van der Waals surface area contributed by atoms with Crippen molar-refractivity contribution in [2.45, 2.75) is 11.7 Å². The number of thioether (sulfide) groups is 1. The van der Waals surface area contributed by atoms with Gasteiger partial charge in [-0.3, -0.25) is 4.90 Å². The average molecular weight is 224 g/mol. The highest BCUT2D eigenvalue weighted by molar-refractivity contribution is 7.98. The molecule has 0 aromatic carbocycles. The van der Waals surface area contributed by atoms with Crippen molar-refractivity contribution in [2.75, 3.05) is 25.3 Å². The van der Waals surface area contributed by atoms with Crippen molar-refractivity contribution in [3.63, 3.8) is 0 Å². The lowest BCUT2D eigenvalue weighted by molar-refractivity contribution is 0.211. The summed E-state index contributed by atoms with van der Waals surface area (Å²) in [4.78, 5) is 23.4. The molecule has 6 heteroatoms. The van der Waals surface area contributed by atoms with Gasteiger partial charge in [0.2, 0.25) is 0 Å². The molecule has 2 heterocycles. The van der Waals surface area contributed by atoms with Crippen LogP contribution in [0.1, 0.15) is 5.56 Å². The smallest absolute Gasteiger partial charge is 0.323 e. The van der Waals surface area contributed by atoms with Crippen LogP contribution in [-0.4, -0.2) is 41.3 Å². The quantitative estimate of drug-likeness (QED) is 0.531. The molecule has 0 spiro atoms. The van der Waals surface area contributed by atoms with E-state index in [0.717, 1.165) is 11.4 Å². The van der Waals surface area contributed by atoms with Gasteiger partial charge in [-0.15, -0.1) is 0 Å². The first-order valence-electron chi connectivity index (χ1n) is 4.52. The van der Waals surface area contributed by atoms with Gasteiger partial charge in [0.05, 0.1) is 6.54 Å². The molecule has 1 aliphatic rings. The van der Waals surface area contributed by atoms with Crippen LogP contribution in [-0.2, 0) is 6.54 Å². The number of anilines is 1. The number of carbonyl (C=O) groups is 1. The third kappa shape index (κ3) is 1.65.